The lowest BCUT2D eigenvalue weighted by Gasteiger charge is -2.20. The van der Waals surface area contributed by atoms with Gasteiger partial charge >= 0.3 is 0 Å². The van der Waals surface area contributed by atoms with Gasteiger partial charge in [-0.2, -0.15) is 5.10 Å². The molecule has 8 heteroatoms. The van der Waals surface area contributed by atoms with E-state index in [2.05, 4.69) is 43.4 Å². The minimum atomic E-state index is -0.289. The van der Waals surface area contributed by atoms with Gasteiger partial charge in [0.1, 0.15) is 11.5 Å². The number of amides is 2. The molecule has 1 fully saturated rings. The molecule has 1 heterocycles. The number of benzene rings is 1. The standard InChI is InChI=1S/C26H38N4O4/c1-16(2)12-19(13-24(31)27-18-10-11-18)28-26(32)20-14-21(30(29-20)15-17(3)4)25-22(33-5)8-7-9-23(25)34-6/h7-9,14,16-19H,10-13,15H2,1-6H3,(H,27,31)(H,28,32). The molecule has 0 spiro atoms. The van der Waals surface area contributed by atoms with Crippen molar-refractivity contribution in [2.75, 3.05) is 14.2 Å². The van der Waals surface area contributed by atoms with Gasteiger partial charge in [0.25, 0.3) is 5.91 Å². The normalized spacial score (nSPS) is 14.2. The van der Waals surface area contributed by atoms with Crippen molar-refractivity contribution < 1.29 is 19.1 Å². The number of ether oxygens (including phenoxy) is 2. The van der Waals surface area contributed by atoms with Crippen LogP contribution >= 0.6 is 0 Å². The van der Waals surface area contributed by atoms with Gasteiger partial charge in [-0.1, -0.05) is 33.8 Å². The Morgan fingerprint density at radius 3 is 2.26 bits per heavy atom. The third kappa shape index (κ3) is 6.74. The maximum Gasteiger partial charge on any atom is 0.272 e. The van der Waals surface area contributed by atoms with Gasteiger partial charge in [-0.3, -0.25) is 14.3 Å². The topological polar surface area (TPSA) is 94.5 Å². The first-order valence-corrected chi connectivity index (χ1v) is 12.1. The summed E-state index contributed by atoms with van der Waals surface area (Å²) < 4.78 is 13.0. The average molecular weight is 471 g/mol. The lowest BCUT2D eigenvalue weighted by Crippen LogP contribution is -2.40. The van der Waals surface area contributed by atoms with E-state index in [1.54, 1.807) is 20.3 Å². The first kappa shape index (κ1) is 25.6. The molecular weight excluding hydrogens is 432 g/mol. The lowest BCUT2D eigenvalue weighted by atomic mass is 10.0. The molecule has 0 saturated heterocycles. The predicted octanol–water partition coefficient (Wildman–Crippen LogP) is 4.04. The molecule has 1 aliphatic carbocycles. The summed E-state index contributed by atoms with van der Waals surface area (Å²) in [5.74, 6) is 1.64. The summed E-state index contributed by atoms with van der Waals surface area (Å²) >= 11 is 0. The van der Waals surface area contributed by atoms with Crippen molar-refractivity contribution in [1.82, 2.24) is 20.4 Å². The van der Waals surface area contributed by atoms with Gasteiger partial charge in [-0.05, 0) is 49.3 Å². The van der Waals surface area contributed by atoms with E-state index in [1.165, 1.54) is 0 Å². The molecule has 1 saturated carbocycles. The third-order valence-electron chi connectivity index (χ3n) is 5.70. The second-order valence-corrected chi connectivity index (χ2v) is 9.87. The Labute approximate surface area is 202 Å². The molecule has 34 heavy (non-hydrogen) atoms. The molecule has 2 N–H and O–H groups in total. The summed E-state index contributed by atoms with van der Waals surface area (Å²) in [4.78, 5) is 25.7. The average Bonchev–Trinajstić information content (AvgIpc) is 3.48. The van der Waals surface area contributed by atoms with E-state index >= 15 is 0 Å². The molecule has 1 aromatic heterocycles. The van der Waals surface area contributed by atoms with Crippen molar-refractivity contribution in [2.45, 2.75) is 72.0 Å². The summed E-state index contributed by atoms with van der Waals surface area (Å²) in [7, 11) is 3.22. The Balaban J connectivity index is 1.89. The highest BCUT2D eigenvalue weighted by molar-refractivity contribution is 5.94. The molecule has 1 unspecified atom stereocenters. The van der Waals surface area contributed by atoms with Crippen LogP contribution in [0.3, 0.4) is 0 Å². The van der Waals surface area contributed by atoms with Crippen molar-refractivity contribution in [1.29, 1.82) is 0 Å². The zero-order valence-corrected chi connectivity index (χ0v) is 21.2. The van der Waals surface area contributed by atoms with Crippen LogP contribution in [0.1, 0.15) is 63.9 Å². The molecule has 0 aliphatic heterocycles. The summed E-state index contributed by atoms with van der Waals surface area (Å²) in [6, 6.07) is 7.40. The van der Waals surface area contributed by atoms with Crippen LogP contribution in [-0.2, 0) is 11.3 Å². The molecule has 3 rings (SSSR count). The molecule has 2 aromatic rings. The first-order chi connectivity index (χ1) is 16.2. The van der Waals surface area contributed by atoms with Crippen LogP contribution in [-0.4, -0.2) is 47.9 Å². The Morgan fingerprint density at radius 1 is 1.09 bits per heavy atom. The molecule has 0 bridgehead atoms. The molecule has 8 nitrogen and oxygen atoms in total. The van der Waals surface area contributed by atoms with Gasteiger partial charge in [0.15, 0.2) is 5.69 Å². The third-order valence-corrected chi connectivity index (χ3v) is 5.70. The van der Waals surface area contributed by atoms with Crippen LogP contribution in [0.25, 0.3) is 11.3 Å². The molecule has 1 aromatic carbocycles. The monoisotopic (exact) mass is 470 g/mol. The molecule has 2 amide bonds. The fourth-order valence-corrected chi connectivity index (χ4v) is 4.08. The fourth-order valence-electron chi connectivity index (χ4n) is 4.08. The minimum absolute atomic E-state index is 0.0155. The van der Waals surface area contributed by atoms with E-state index in [1.807, 2.05) is 22.9 Å². The molecule has 1 aliphatic rings. The van der Waals surface area contributed by atoms with E-state index in [0.29, 0.717) is 48.0 Å². The van der Waals surface area contributed by atoms with E-state index < -0.39 is 0 Å². The van der Waals surface area contributed by atoms with Gasteiger partial charge in [0.2, 0.25) is 5.91 Å². The molecule has 1 atom stereocenters. The van der Waals surface area contributed by atoms with Crippen molar-refractivity contribution in [3.05, 3.63) is 30.0 Å². The Hall–Kier alpha value is -3.03. The van der Waals surface area contributed by atoms with Crippen molar-refractivity contribution in [2.24, 2.45) is 11.8 Å². The van der Waals surface area contributed by atoms with Crippen LogP contribution in [0.4, 0.5) is 0 Å². The number of methoxy groups -OCH3 is 2. The Kier molecular flexibility index (Phi) is 8.58. The van der Waals surface area contributed by atoms with Crippen molar-refractivity contribution >= 4 is 11.8 Å². The summed E-state index contributed by atoms with van der Waals surface area (Å²) in [5, 5.41) is 10.7. The van der Waals surface area contributed by atoms with Crippen LogP contribution < -0.4 is 20.1 Å². The second-order valence-electron chi connectivity index (χ2n) is 9.87. The molecule has 186 valence electrons. The van der Waals surface area contributed by atoms with Gasteiger partial charge < -0.3 is 20.1 Å². The number of carbonyl (C=O) groups excluding carboxylic acids is 2. The largest absolute Gasteiger partial charge is 0.496 e. The number of carbonyl (C=O) groups is 2. The van der Waals surface area contributed by atoms with Crippen LogP contribution in [0.5, 0.6) is 11.5 Å². The zero-order chi connectivity index (χ0) is 24.8. The number of hydrogen-bond acceptors (Lipinski definition) is 5. The quantitative estimate of drug-likeness (QED) is 0.488. The summed E-state index contributed by atoms with van der Waals surface area (Å²) in [6.45, 7) is 9.00. The van der Waals surface area contributed by atoms with E-state index in [-0.39, 0.29) is 24.3 Å². The number of rotatable bonds is 12. The highest BCUT2D eigenvalue weighted by Crippen LogP contribution is 2.38. The molecule has 0 radical (unpaired) electrons. The van der Waals surface area contributed by atoms with Crippen molar-refractivity contribution in [3.63, 3.8) is 0 Å². The maximum atomic E-state index is 13.3. The van der Waals surface area contributed by atoms with E-state index in [4.69, 9.17) is 9.47 Å². The van der Waals surface area contributed by atoms with Gasteiger partial charge in [-0.15, -0.1) is 0 Å². The zero-order valence-electron chi connectivity index (χ0n) is 21.2. The Morgan fingerprint density at radius 2 is 1.74 bits per heavy atom. The minimum Gasteiger partial charge on any atom is -0.496 e. The second kappa shape index (κ2) is 11.4. The van der Waals surface area contributed by atoms with Crippen molar-refractivity contribution in [3.8, 4) is 22.8 Å². The van der Waals surface area contributed by atoms with E-state index in [9.17, 15) is 9.59 Å². The van der Waals surface area contributed by atoms with Gasteiger partial charge in [-0.25, -0.2) is 0 Å². The van der Waals surface area contributed by atoms with Gasteiger partial charge in [0.05, 0.1) is 25.5 Å². The smallest absolute Gasteiger partial charge is 0.272 e. The number of hydrogen-bond donors (Lipinski definition) is 2. The highest BCUT2D eigenvalue weighted by Gasteiger charge is 2.27. The number of nitrogens with one attached hydrogen (secondary N) is 2. The Bertz CT molecular complexity index is 972. The predicted molar refractivity (Wildman–Crippen MR) is 132 cm³/mol. The van der Waals surface area contributed by atoms with Crippen LogP contribution in [0.2, 0.25) is 0 Å². The number of aromatic nitrogens is 2. The lowest BCUT2D eigenvalue weighted by molar-refractivity contribution is -0.121. The van der Waals surface area contributed by atoms with E-state index in [0.717, 1.165) is 24.1 Å². The fraction of sp³-hybridized carbons (Fsp3) is 0.577. The van der Waals surface area contributed by atoms with Crippen LogP contribution in [0, 0.1) is 11.8 Å². The SMILES string of the molecule is COc1cccc(OC)c1-c1cc(C(=O)NC(CC(=O)NC2CC2)CC(C)C)nn1CC(C)C. The molecular formula is C26H38N4O4. The summed E-state index contributed by atoms with van der Waals surface area (Å²) in [6.07, 6.45) is 3.05. The highest BCUT2D eigenvalue weighted by atomic mass is 16.5. The maximum absolute atomic E-state index is 13.3. The summed E-state index contributed by atoms with van der Waals surface area (Å²) in [5.41, 5.74) is 1.81. The number of nitrogens with zero attached hydrogens (tertiary/aromatic N) is 2. The van der Waals surface area contributed by atoms with Crippen LogP contribution in [0.15, 0.2) is 24.3 Å². The first-order valence-electron chi connectivity index (χ1n) is 12.1. The van der Waals surface area contributed by atoms with Gasteiger partial charge in [0, 0.05) is 25.0 Å².